The molecule has 2 rings (SSSR count). The fraction of sp³-hybridized carbons (Fsp3) is 0.688. The van der Waals surface area contributed by atoms with Crippen LogP contribution >= 0.6 is 0 Å². The fourth-order valence-corrected chi connectivity index (χ4v) is 3.02. The van der Waals surface area contributed by atoms with E-state index in [1.165, 1.54) is 37.7 Å². The van der Waals surface area contributed by atoms with Gasteiger partial charge in [0.1, 0.15) is 6.10 Å². The third-order valence-corrected chi connectivity index (χ3v) is 4.01. The molecule has 106 valence electrons. The fourth-order valence-electron chi connectivity index (χ4n) is 3.02. The quantitative estimate of drug-likeness (QED) is 0.882. The molecule has 0 aromatic carbocycles. The van der Waals surface area contributed by atoms with Crippen LogP contribution in [0.25, 0.3) is 0 Å². The highest BCUT2D eigenvalue weighted by molar-refractivity contribution is 5.24. The Hall–Kier alpha value is -1.09. The second kappa shape index (κ2) is 6.90. The smallest absolute Gasteiger partial charge is 0.214 e. The SMILES string of the molecule is CCC1CCCCC1Oc1cc(CNC)cc(C)n1. The molecule has 2 atom stereocenters. The van der Waals surface area contributed by atoms with Gasteiger partial charge in [0.05, 0.1) is 0 Å². The Morgan fingerprint density at radius 3 is 2.84 bits per heavy atom. The van der Waals surface area contributed by atoms with Gasteiger partial charge in [-0.25, -0.2) is 4.98 Å². The molecule has 1 saturated carbocycles. The van der Waals surface area contributed by atoms with Gasteiger partial charge in [0.25, 0.3) is 0 Å². The van der Waals surface area contributed by atoms with E-state index in [2.05, 4.69) is 29.4 Å². The second-order valence-corrected chi connectivity index (χ2v) is 5.59. The Labute approximate surface area is 116 Å². The standard InChI is InChI=1S/C16H26N2O/c1-4-14-7-5-6-8-15(14)19-16-10-13(11-17-3)9-12(2)18-16/h9-10,14-15,17H,4-8,11H2,1-3H3. The molecular weight excluding hydrogens is 236 g/mol. The van der Waals surface area contributed by atoms with Crippen molar-refractivity contribution >= 4 is 0 Å². The molecule has 0 bridgehead atoms. The lowest BCUT2D eigenvalue weighted by Crippen LogP contribution is -2.30. The molecular formula is C16H26N2O. The summed E-state index contributed by atoms with van der Waals surface area (Å²) in [6.07, 6.45) is 6.68. The first-order valence-corrected chi connectivity index (χ1v) is 7.51. The van der Waals surface area contributed by atoms with E-state index >= 15 is 0 Å². The molecule has 0 spiro atoms. The lowest BCUT2D eigenvalue weighted by atomic mass is 9.85. The molecule has 1 fully saturated rings. The first-order valence-electron chi connectivity index (χ1n) is 7.51. The average molecular weight is 262 g/mol. The highest BCUT2D eigenvalue weighted by atomic mass is 16.5. The highest BCUT2D eigenvalue weighted by Gasteiger charge is 2.25. The van der Waals surface area contributed by atoms with Crippen LogP contribution in [0.1, 0.15) is 50.3 Å². The van der Waals surface area contributed by atoms with Gasteiger partial charge in [-0.15, -0.1) is 0 Å². The van der Waals surface area contributed by atoms with Gasteiger partial charge in [-0.1, -0.05) is 13.3 Å². The number of aromatic nitrogens is 1. The zero-order valence-corrected chi connectivity index (χ0v) is 12.4. The van der Waals surface area contributed by atoms with Crippen LogP contribution in [-0.4, -0.2) is 18.1 Å². The van der Waals surface area contributed by atoms with Crippen LogP contribution in [-0.2, 0) is 6.54 Å². The number of aryl methyl sites for hydroxylation is 1. The largest absolute Gasteiger partial charge is 0.474 e. The maximum Gasteiger partial charge on any atom is 0.214 e. The van der Waals surface area contributed by atoms with Crippen LogP contribution in [0.5, 0.6) is 5.88 Å². The first-order chi connectivity index (χ1) is 9.22. The van der Waals surface area contributed by atoms with Gasteiger partial charge in [-0.05, 0) is 57.2 Å². The maximum atomic E-state index is 6.19. The Morgan fingerprint density at radius 1 is 1.32 bits per heavy atom. The molecule has 1 heterocycles. The molecule has 0 aliphatic heterocycles. The van der Waals surface area contributed by atoms with Gasteiger partial charge in [0.15, 0.2) is 0 Å². The molecule has 1 aromatic rings. The van der Waals surface area contributed by atoms with E-state index in [-0.39, 0.29) is 0 Å². The molecule has 1 aliphatic carbocycles. The van der Waals surface area contributed by atoms with E-state index in [0.29, 0.717) is 12.0 Å². The molecule has 19 heavy (non-hydrogen) atoms. The molecule has 1 aliphatic rings. The van der Waals surface area contributed by atoms with Crippen molar-refractivity contribution in [1.29, 1.82) is 0 Å². The average Bonchev–Trinajstić information content (AvgIpc) is 2.39. The minimum atomic E-state index is 0.357. The predicted octanol–water partition coefficient (Wildman–Crippen LogP) is 3.46. The number of nitrogens with zero attached hydrogens (tertiary/aromatic N) is 1. The van der Waals surface area contributed by atoms with Crippen molar-refractivity contribution in [1.82, 2.24) is 10.3 Å². The van der Waals surface area contributed by atoms with Crippen molar-refractivity contribution in [3.8, 4) is 5.88 Å². The molecule has 1 N–H and O–H groups in total. The number of hydrogen-bond acceptors (Lipinski definition) is 3. The van der Waals surface area contributed by atoms with E-state index in [9.17, 15) is 0 Å². The van der Waals surface area contributed by atoms with Crippen molar-refractivity contribution in [2.45, 2.75) is 58.6 Å². The summed E-state index contributed by atoms with van der Waals surface area (Å²) in [5, 5.41) is 3.18. The monoisotopic (exact) mass is 262 g/mol. The Kier molecular flexibility index (Phi) is 5.20. The lowest BCUT2D eigenvalue weighted by molar-refractivity contribution is 0.0856. The van der Waals surface area contributed by atoms with Gasteiger partial charge < -0.3 is 10.1 Å². The predicted molar refractivity (Wildman–Crippen MR) is 78.4 cm³/mol. The molecule has 2 unspecified atom stereocenters. The van der Waals surface area contributed by atoms with E-state index in [0.717, 1.165) is 18.1 Å². The zero-order valence-electron chi connectivity index (χ0n) is 12.4. The summed E-state index contributed by atoms with van der Waals surface area (Å²) in [6.45, 7) is 5.16. The summed E-state index contributed by atoms with van der Waals surface area (Å²) < 4.78 is 6.19. The number of nitrogens with one attached hydrogen (secondary N) is 1. The topological polar surface area (TPSA) is 34.1 Å². The van der Waals surface area contributed by atoms with Crippen molar-refractivity contribution in [3.63, 3.8) is 0 Å². The van der Waals surface area contributed by atoms with Crippen LogP contribution in [0.3, 0.4) is 0 Å². The van der Waals surface area contributed by atoms with Crippen LogP contribution in [0, 0.1) is 12.8 Å². The minimum Gasteiger partial charge on any atom is -0.474 e. The van der Waals surface area contributed by atoms with Crippen LogP contribution in [0.15, 0.2) is 12.1 Å². The van der Waals surface area contributed by atoms with Crippen molar-refractivity contribution in [3.05, 3.63) is 23.4 Å². The maximum absolute atomic E-state index is 6.19. The summed E-state index contributed by atoms with van der Waals surface area (Å²) in [5.74, 6) is 1.50. The van der Waals surface area contributed by atoms with Crippen LogP contribution < -0.4 is 10.1 Å². The Balaban J connectivity index is 2.08. The summed E-state index contributed by atoms with van der Waals surface area (Å²) in [6, 6.07) is 4.19. The van der Waals surface area contributed by atoms with Crippen LogP contribution in [0.2, 0.25) is 0 Å². The molecule has 0 amide bonds. The molecule has 0 saturated heterocycles. The molecule has 1 aromatic heterocycles. The third-order valence-electron chi connectivity index (χ3n) is 4.01. The number of pyridine rings is 1. The molecule has 3 heteroatoms. The molecule has 0 radical (unpaired) electrons. The van der Waals surface area contributed by atoms with Crippen molar-refractivity contribution in [2.24, 2.45) is 5.92 Å². The van der Waals surface area contributed by atoms with E-state index in [4.69, 9.17) is 4.74 Å². The van der Waals surface area contributed by atoms with Gasteiger partial charge in [0, 0.05) is 18.3 Å². The Morgan fingerprint density at radius 2 is 2.11 bits per heavy atom. The third kappa shape index (κ3) is 3.93. The van der Waals surface area contributed by atoms with Gasteiger partial charge in [-0.2, -0.15) is 0 Å². The van der Waals surface area contributed by atoms with Gasteiger partial charge in [-0.3, -0.25) is 0 Å². The summed E-state index contributed by atoms with van der Waals surface area (Å²) in [5.41, 5.74) is 2.28. The van der Waals surface area contributed by atoms with E-state index in [1.807, 2.05) is 14.0 Å². The van der Waals surface area contributed by atoms with Crippen molar-refractivity contribution in [2.75, 3.05) is 7.05 Å². The summed E-state index contributed by atoms with van der Waals surface area (Å²) in [7, 11) is 1.96. The summed E-state index contributed by atoms with van der Waals surface area (Å²) >= 11 is 0. The van der Waals surface area contributed by atoms with Crippen molar-refractivity contribution < 1.29 is 4.74 Å². The number of hydrogen-bond donors (Lipinski definition) is 1. The summed E-state index contributed by atoms with van der Waals surface area (Å²) in [4.78, 5) is 4.53. The number of rotatable bonds is 5. The second-order valence-electron chi connectivity index (χ2n) is 5.59. The van der Waals surface area contributed by atoms with E-state index < -0.39 is 0 Å². The van der Waals surface area contributed by atoms with Crippen LogP contribution in [0.4, 0.5) is 0 Å². The minimum absolute atomic E-state index is 0.357. The van der Waals surface area contributed by atoms with Gasteiger partial charge in [0.2, 0.25) is 5.88 Å². The van der Waals surface area contributed by atoms with E-state index in [1.54, 1.807) is 0 Å². The zero-order chi connectivity index (χ0) is 13.7. The lowest BCUT2D eigenvalue weighted by Gasteiger charge is -2.30. The number of ether oxygens (including phenoxy) is 1. The normalized spacial score (nSPS) is 23.3. The molecule has 3 nitrogen and oxygen atoms in total. The first kappa shape index (κ1) is 14.3. The van der Waals surface area contributed by atoms with Gasteiger partial charge >= 0.3 is 0 Å². The Bertz CT molecular complexity index is 406. The highest BCUT2D eigenvalue weighted by Crippen LogP contribution is 2.30.